The second-order valence-corrected chi connectivity index (χ2v) is 10.7. The predicted molar refractivity (Wildman–Crippen MR) is 169 cm³/mol. The number of aromatic hydroxyl groups is 2. The van der Waals surface area contributed by atoms with Gasteiger partial charge in [0.05, 0.1) is 10.8 Å². The molecule has 1 aliphatic rings. The molecule has 0 bridgehead atoms. The second-order valence-electron chi connectivity index (χ2n) is 10.7. The molecule has 2 N–H and O–H groups in total. The Morgan fingerprint density at radius 1 is 0.524 bits per heavy atom. The molecule has 2 aromatic heterocycles. The van der Waals surface area contributed by atoms with Crippen LogP contribution in [-0.4, -0.2) is 10.2 Å². The number of hydrogen-bond acceptors (Lipinski definition) is 4. The van der Waals surface area contributed by atoms with E-state index in [0.29, 0.717) is 33.5 Å². The SMILES string of the molecule is Oc1c(-c2cccc(C3=CC=CCC3)c2)oc2c3oc(-c4cccc(-c5ccccc5)c4)c(O)c3c3ccccc3c12. The predicted octanol–water partition coefficient (Wildman–Crippen LogP) is 10.5. The topological polar surface area (TPSA) is 66.7 Å². The molecule has 42 heavy (non-hydrogen) atoms. The van der Waals surface area contributed by atoms with E-state index in [-0.39, 0.29) is 11.5 Å². The highest BCUT2D eigenvalue weighted by molar-refractivity contribution is 6.27. The van der Waals surface area contributed by atoms with Crippen LogP contribution in [0.5, 0.6) is 11.5 Å². The van der Waals surface area contributed by atoms with Crippen LogP contribution in [0.25, 0.3) is 72.1 Å². The molecule has 8 rings (SSSR count). The number of benzene rings is 5. The van der Waals surface area contributed by atoms with Crippen molar-refractivity contribution in [3.05, 3.63) is 127 Å². The molecule has 0 spiro atoms. The van der Waals surface area contributed by atoms with Crippen LogP contribution in [0, 0.1) is 0 Å². The molecule has 0 saturated carbocycles. The van der Waals surface area contributed by atoms with Gasteiger partial charge in [0.15, 0.2) is 34.2 Å². The van der Waals surface area contributed by atoms with Gasteiger partial charge in [0.2, 0.25) is 0 Å². The fourth-order valence-electron chi connectivity index (χ4n) is 6.15. The van der Waals surface area contributed by atoms with Crippen molar-refractivity contribution >= 4 is 38.3 Å². The van der Waals surface area contributed by atoms with Crippen LogP contribution in [0.15, 0.2) is 130 Å². The third kappa shape index (κ3) is 3.76. The van der Waals surface area contributed by atoms with E-state index < -0.39 is 0 Å². The summed E-state index contributed by atoms with van der Waals surface area (Å²) in [5, 5.41) is 25.9. The Kier molecular flexibility index (Phi) is 5.54. The van der Waals surface area contributed by atoms with E-state index >= 15 is 0 Å². The van der Waals surface area contributed by atoms with E-state index in [9.17, 15) is 10.2 Å². The molecule has 4 heteroatoms. The summed E-state index contributed by atoms with van der Waals surface area (Å²) in [6.45, 7) is 0. The second kappa shape index (κ2) is 9.57. The van der Waals surface area contributed by atoms with Crippen molar-refractivity contribution in [2.75, 3.05) is 0 Å². The van der Waals surface area contributed by atoms with Crippen molar-refractivity contribution in [1.82, 2.24) is 0 Å². The molecule has 0 radical (unpaired) electrons. The zero-order valence-corrected chi connectivity index (χ0v) is 22.7. The molecule has 7 aromatic rings. The van der Waals surface area contributed by atoms with Gasteiger partial charge in [-0.25, -0.2) is 0 Å². The van der Waals surface area contributed by atoms with Gasteiger partial charge in [0, 0.05) is 11.1 Å². The lowest BCUT2D eigenvalue weighted by molar-refractivity contribution is 0.468. The van der Waals surface area contributed by atoms with Gasteiger partial charge in [-0.15, -0.1) is 0 Å². The van der Waals surface area contributed by atoms with Crippen molar-refractivity contribution in [2.45, 2.75) is 12.8 Å². The Hall–Kier alpha value is -5.48. The van der Waals surface area contributed by atoms with Crippen molar-refractivity contribution in [2.24, 2.45) is 0 Å². The molecule has 0 atom stereocenters. The van der Waals surface area contributed by atoms with E-state index in [1.54, 1.807) is 0 Å². The molecule has 0 amide bonds. The van der Waals surface area contributed by atoms with E-state index in [1.165, 1.54) is 5.57 Å². The van der Waals surface area contributed by atoms with Crippen molar-refractivity contribution in [3.63, 3.8) is 0 Å². The van der Waals surface area contributed by atoms with Crippen LogP contribution in [0.2, 0.25) is 0 Å². The summed E-state index contributed by atoms with van der Waals surface area (Å²) >= 11 is 0. The van der Waals surface area contributed by atoms with Crippen molar-refractivity contribution in [3.8, 4) is 45.3 Å². The van der Waals surface area contributed by atoms with Gasteiger partial charge in [-0.2, -0.15) is 0 Å². The van der Waals surface area contributed by atoms with E-state index in [2.05, 4.69) is 42.5 Å². The minimum atomic E-state index is 0.0463. The first-order valence-corrected chi connectivity index (χ1v) is 14.1. The Morgan fingerprint density at radius 3 is 1.64 bits per heavy atom. The molecule has 5 aromatic carbocycles. The molecule has 2 heterocycles. The van der Waals surface area contributed by atoms with Gasteiger partial charge < -0.3 is 19.0 Å². The summed E-state index contributed by atoms with van der Waals surface area (Å²) in [6.07, 6.45) is 8.37. The molecule has 0 saturated heterocycles. The first kappa shape index (κ1) is 24.3. The summed E-state index contributed by atoms with van der Waals surface area (Å²) in [4.78, 5) is 0. The number of rotatable bonds is 4. The summed E-state index contributed by atoms with van der Waals surface area (Å²) in [6, 6.07) is 33.8. The van der Waals surface area contributed by atoms with Gasteiger partial charge in [-0.3, -0.25) is 0 Å². The minimum absolute atomic E-state index is 0.0463. The van der Waals surface area contributed by atoms with E-state index in [4.69, 9.17) is 8.83 Å². The zero-order valence-electron chi connectivity index (χ0n) is 22.7. The Morgan fingerprint density at radius 2 is 1.05 bits per heavy atom. The highest BCUT2D eigenvalue weighted by Gasteiger charge is 2.27. The first-order chi connectivity index (χ1) is 20.7. The maximum atomic E-state index is 11.6. The fourth-order valence-corrected chi connectivity index (χ4v) is 6.15. The van der Waals surface area contributed by atoms with Crippen LogP contribution in [-0.2, 0) is 0 Å². The Balaban J connectivity index is 1.36. The molecule has 1 aliphatic carbocycles. The highest BCUT2D eigenvalue weighted by atomic mass is 16.4. The van der Waals surface area contributed by atoms with Crippen LogP contribution >= 0.6 is 0 Å². The van der Waals surface area contributed by atoms with E-state index in [1.807, 2.05) is 78.9 Å². The van der Waals surface area contributed by atoms with Gasteiger partial charge in [-0.1, -0.05) is 109 Å². The smallest absolute Gasteiger partial charge is 0.182 e. The average Bonchev–Trinajstić information content (AvgIpc) is 3.59. The number of hydrogen-bond donors (Lipinski definition) is 2. The van der Waals surface area contributed by atoms with Gasteiger partial charge >= 0.3 is 0 Å². The highest BCUT2D eigenvalue weighted by Crippen LogP contribution is 2.51. The average molecular weight is 547 g/mol. The minimum Gasteiger partial charge on any atom is -0.504 e. The summed E-state index contributed by atoms with van der Waals surface area (Å²) in [7, 11) is 0. The number of fused-ring (bicyclic) bond motifs is 6. The molecule has 0 fully saturated rings. The lowest BCUT2D eigenvalue weighted by Gasteiger charge is -2.10. The van der Waals surface area contributed by atoms with Gasteiger partial charge in [0.25, 0.3) is 0 Å². The van der Waals surface area contributed by atoms with Crippen LogP contribution in [0.4, 0.5) is 0 Å². The molecule has 4 nitrogen and oxygen atoms in total. The third-order valence-corrected chi connectivity index (χ3v) is 8.18. The van der Waals surface area contributed by atoms with Crippen LogP contribution in [0.3, 0.4) is 0 Å². The van der Waals surface area contributed by atoms with E-state index in [0.717, 1.165) is 51.4 Å². The quantitative estimate of drug-likeness (QED) is 0.230. The normalized spacial score (nSPS) is 13.3. The van der Waals surface area contributed by atoms with Gasteiger partial charge in [-0.05, 0) is 58.0 Å². The fraction of sp³-hybridized carbons (Fsp3) is 0.0526. The largest absolute Gasteiger partial charge is 0.504 e. The Labute approximate surface area is 242 Å². The van der Waals surface area contributed by atoms with Crippen LogP contribution in [0.1, 0.15) is 18.4 Å². The summed E-state index contributed by atoms with van der Waals surface area (Å²) in [5.74, 6) is 0.837. The lowest BCUT2D eigenvalue weighted by atomic mass is 9.95. The first-order valence-electron chi connectivity index (χ1n) is 14.1. The molecule has 0 aliphatic heterocycles. The standard InChI is InChI=1S/C38H26O4/c39-33-31-29-19-7-8-20-30(29)32-34(40)36(28-18-10-16-26(22-28)24-13-5-2-6-14-24)42-38(32)37(31)41-35(33)27-17-9-15-25(21-27)23-11-3-1-4-12-23/h1-5,7-13,15-22,39-40H,6,14H2. The molecular formula is C38H26O4. The summed E-state index contributed by atoms with van der Waals surface area (Å²) < 4.78 is 12.9. The maximum Gasteiger partial charge on any atom is 0.182 e. The number of furan rings is 2. The lowest BCUT2D eigenvalue weighted by Crippen LogP contribution is -1.88. The van der Waals surface area contributed by atoms with Crippen molar-refractivity contribution < 1.29 is 19.0 Å². The monoisotopic (exact) mass is 546 g/mol. The van der Waals surface area contributed by atoms with Crippen molar-refractivity contribution in [1.29, 1.82) is 0 Å². The third-order valence-electron chi connectivity index (χ3n) is 8.18. The number of allylic oxidation sites excluding steroid dienone is 4. The van der Waals surface area contributed by atoms with Crippen LogP contribution < -0.4 is 0 Å². The maximum absolute atomic E-state index is 11.6. The molecule has 0 unspecified atom stereocenters. The Bertz CT molecular complexity index is 2210. The molecular weight excluding hydrogens is 520 g/mol. The zero-order chi connectivity index (χ0) is 28.2. The molecule has 202 valence electrons. The van der Waals surface area contributed by atoms with Gasteiger partial charge in [0.1, 0.15) is 0 Å². The summed E-state index contributed by atoms with van der Waals surface area (Å²) in [5.41, 5.74) is 6.78.